The predicted octanol–water partition coefficient (Wildman–Crippen LogP) is 2.62. The van der Waals surface area contributed by atoms with E-state index in [1.165, 1.54) is 16.0 Å². The number of aryl methyl sites for hydroxylation is 1. The number of nitrogens with one attached hydrogen (secondary N) is 2. The summed E-state index contributed by atoms with van der Waals surface area (Å²) in [5.41, 5.74) is 2.54. The third-order valence-electron chi connectivity index (χ3n) is 5.09. The number of pyridine rings is 1. The molecule has 2 unspecified atom stereocenters. The van der Waals surface area contributed by atoms with Crippen molar-refractivity contribution in [2.75, 3.05) is 39.8 Å². The zero-order valence-electron chi connectivity index (χ0n) is 17.0. The fraction of sp³-hybridized carbons (Fsp3) is 0.524. The number of morpholine rings is 1. The van der Waals surface area contributed by atoms with Crippen LogP contribution in [0.4, 0.5) is 0 Å². The molecule has 0 bridgehead atoms. The Hall–Kier alpha value is -1.96. The van der Waals surface area contributed by atoms with Crippen molar-refractivity contribution in [2.24, 2.45) is 4.99 Å². The Labute approximate surface area is 172 Å². The lowest BCUT2D eigenvalue weighted by Gasteiger charge is -2.37. The quantitative estimate of drug-likeness (QED) is 0.552. The lowest BCUT2D eigenvalue weighted by atomic mass is 10.1. The van der Waals surface area contributed by atoms with Gasteiger partial charge in [-0.25, -0.2) is 0 Å². The zero-order valence-corrected chi connectivity index (χ0v) is 17.8. The molecule has 152 valence electrons. The van der Waals surface area contributed by atoms with Crippen molar-refractivity contribution in [3.05, 3.63) is 52.0 Å². The Morgan fingerprint density at radius 1 is 1.43 bits per heavy atom. The summed E-state index contributed by atoms with van der Waals surface area (Å²) in [4.78, 5) is 12.4. The smallest absolute Gasteiger partial charge is 0.191 e. The maximum absolute atomic E-state index is 5.73. The molecule has 1 aliphatic heterocycles. The van der Waals surface area contributed by atoms with Crippen molar-refractivity contribution < 1.29 is 4.74 Å². The molecule has 1 aliphatic rings. The van der Waals surface area contributed by atoms with Crippen LogP contribution in [0.3, 0.4) is 0 Å². The average molecular weight is 402 g/mol. The number of thiophene rings is 1. The maximum atomic E-state index is 5.73. The molecular weight excluding hydrogens is 370 g/mol. The summed E-state index contributed by atoms with van der Waals surface area (Å²) >= 11 is 1.81. The molecule has 0 radical (unpaired) electrons. The fourth-order valence-corrected chi connectivity index (χ4v) is 4.39. The molecule has 0 aromatic carbocycles. The Morgan fingerprint density at radius 2 is 2.32 bits per heavy atom. The lowest BCUT2D eigenvalue weighted by molar-refractivity contribution is -0.0334. The highest BCUT2D eigenvalue weighted by atomic mass is 32.1. The predicted molar refractivity (Wildman–Crippen MR) is 116 cm³/mol. The van der Waals surface area contributed by atoms with Crippen LogP contribution in [0.5, 0.6) is 0 Å². The lowest BCUT2D eigenvalue weighted by Crippen LogP contribution is -2.48. The SMILES string of the molecule is CN=C(NCCc1ccncc1C)NCC(c1cccs1)N1CCOC(C)C1. The molecule has 2 atom stereocenters. The van der Waals surface area contributed by atoms with Crippen LogP contribution < -0.4 is 10.6 Å². The molecule has 0 aliphatic carbocycles. The minimum absolute atomic E-state index is 0.275. The van der Waals surface area contributed by atoms with E-state index in [0.29, 0.717) is 6.04 Å². The summed E-state index contributed by atoms with van der Waals surface area (Å²) in [5.74, 6) is 0.842. The zero-order chi connectivity index (χ0) is 19.8. The summed E-state index contributed by atoms with van der Waals surface area (Å²) in [6.45, 7) is 8.61. The number of hydrogen-bond donors (Lipinski definition) is 2. The van der Waals surface area contributed by atoms with E-state index in [9.17, 15) is 0 Å². The van der Waals surface area contributed by atoms with Crippen LogP contribution in [0.15, 0.2) is 41.0 Å². The number of ether oxygens (including phenoxy) is 1. The van der Waals surface area contributed by atoms with Gasteiger partial charge in [-0.15, -0.1) is 11.3 Å². The summed E-state index contributed by atoms with van der Waals surface area (Å²) in [5, 5.41) is 9.11. The minimum Gasteiger partial charge on any atom is -0.376 e. The van der Waals surface area contributed by atoms with E-state index in [1.54, 1.807) is 0 Å². The maximum Gasteiger partial charge on any atom is 0.191 e. The van der Waals surface area contributed by atoms with E-state index in [2.05, 4.69) is 62.9 Å². The van der Waals surface area contributed by atoms with E-state index in [0.717, 1.165) is 45.2 Å². The van der Waals surface area contributed by atoms with Crippen LogP contribution in [-0.4, -0.2) is 61.8 Å². The number of aliphatic imine (C=N–C) groups is 1. The van der Waals surface area contributed by atoms with Crippen molar-refractivity contribution in [2.45, 2.75) is 32.4 Å². The van der Waals surface area contributed by atoms with Crippen LogP contribution >= 0.6 is 11.3 Å². The second-order valence-electron chi connectivity index (χ2n) is 7.14. The Morgan fingerprint density at radius 3 is 3.04 bits per heavy atom. The van der Waals surface area contributed by atoms with Crippen LogP contribution in [0.1, 0.15) is 29.0 Å². The molecule has 2 N–H and O–H groups in total. The summed E-state index contributed by atoms with van der Waals surface area (Å²) in [6.07, 6.45) is 4.99. The summed E-state index contributed by atoms with van der Waals surface area (Å²) in [6, 6.07) is 6.76. The molecule has 6 nitrogen and oxygen atoms in total. The minimum atomic E-state index is 0.275. The topological polar surface area (TPSA) is 61.8 Å². The van der Waals surface area contributed by atoms with Crippen LogP contribution in [-0.2, 0) is 11.2 Å². The van der Waals surface area contributed by atoms with Gasteiger partial charge >= 0.3 is 0 Å². The normalized spacial score (nSPS) is 19.4. The number of nitrogens with zero attached hydrogens (tertiary/aromatic N) is 3. The van der Waals surface area contributed by atoms with Gasteiger partial charge in [0.2, 0.25) is 0 Å². The first-order valence-corrected chi connectivity index (χ1v) is 10.8. The van der Waals surface area contributed by atoms with E-state index < -0.39 is 0 Å². The third kappa shape index (κ3) is 5.77. The Bertz CT molecular complexity index is 749. The molecule has 0 saturated carbocycles. The Kier molecular flexibility index (Phi) is 7.82. The van der Waals surface area contributed by atoms with Gasteiger partial charge in [0.05, 0.1) is 18.8 Å². The van der Waals surface area contributed by atoms with Gasteiger partial charge in [-0.05, 0) is 48.9 Å². The van der Waals surface area contributed by atoms with Gasteiger partial charge < -0.3 is 15.4 Å². The number of aromatic nitrogens is 1. The monoisotopic (exact) mass is 401 g/mol. The summed E-state index contributed by atoms with van der Waals surface area (Å²) < 4.78 is 5.73. The van der Waals surface area contributed by atoms with Gasteiger partial charge in [-0.3, -0.25) is 14.9 Å². The van der Waals surface area contributed by atoms with E-state index in [4.69, 9.17) is 4.74 Å². The second kappa shape index (κ2) is 10.5. The largest absolute Gasteiger partial charge is 0.376 e. The van der Waals surface area contributed by atoms with Crippen molar-refractivity contribution >= 4 is 17.3 Å². The van der Waals surface area contributed by atoms with Gasteiger partial charge in [-0.2, -0.15) is 0 Å². The Balaban J connectivity index is 1.54. The van der Waals surface area contributed by atoms with Crippen LogP contribution in [0.25, 0.3) is 0 Å². The highest BCUT2D eigenvalue weighted by molar-refractivity contribution is 7.10. The van der Waals surface area contributed by atoms with E-state index >= 15 is 0 Å². The standard InChI is InChI=1S/C21H31N5OS/c1-16-13-23-8-6-18(16)7-9-24-21(22-3)25-14-19(20-5-4-12-28-20)26-10-11-27-17(2)15-26/h4-6,8,12-13,17,19H,7,9-11,14-15H2,1-3H3,(H2,22,24,25). The van der Waals surface area contributed by atoms with Gasteiger partial charge in [0.15, 0.2) is 5.96 Å². The molecular formula is C21H31N5OS. The van der Waals surface area contributed by atoms with Gasteiger partial charge in [-0.1, -0.05) is 6.07 Å². The van der Waals surface area contributed by atoms with E-state index in [1.807, 2.05) is 30.8 Å². The average Bonchev–Trinajstić information content (AvgIpc) is 3.23. The number of rotatable bonds is 7. The molecule has 1 saturated heterocycles. The molecule has 2 aromatic heterocycles. The highest BCUT2D eigenvalue weighted by Crippen LogP contribution is 2.26. The van der Waals surface area contributed by atoms with Crippen molar-refractivity contribution in [1.82, 2.24) is 20.5 Å². The fourth-order valence-electron chi connectivity index (χ4n) is 3.53. The molecule has 28 heavy (non-hydrogen) atoms. The van der Waals surface area contributed by atoms with Crippen molar-refractivity contribution in [3.63, 3.8) is 0 Å². The first kappa shape index (κ1) is 20.8. The third-order valence-corrected chi connectivity index (χ3v) is 6.07. The molecule has 7 heteroatoms. The highest BCUT2D eigenvalue weighted by Gasteiger charge is 2.26. The molecule has 0 amide bonds. The number of guanidine groups is 1. The van der Waals surface area contributed by atoms with Crippen molar-refractivity contribution in [1.29, 1.82) is 0 Å². The first-order valence-electron chi connectivity index (χ1n) is 9.90. The number of hydrogen-bond acceptors (Lipinski definition) is 5. The summed E-state index contributed by atoms with van der Waals surface area (Å²) in [7, 11) is 1.82. The van der Waals surface area contributed by atoms with Gasteiger partial charge in [0, 0.05) is 50.5 Å². The molecule has 3 heterocycles. The first-order chi connectivity index (χ1) is 13.7. The van der Waals surface area contributed by atoms with E-state index in [-0.39, 0.29) is 6.10 Å². The molecule has 2 aromatic rings. The molecule has 1 fully saturated rings. The van der Waals surface area contributed by atoms with Gasteiger partial charge in [0.1, 0.15) is 0 Å². The second-order valence-corrected chi connectivity index (χ2v) is 8.12. The van der Waals surface area contributed by atoms with Crippen molar-refractivity contribution in [3.8, 4) is 0 Å². The molecule has 0 spiro atoms. The molecule has 3 rings (SSSR count). The van der Waals surface area contributed by atoms with Gasteiger partial charge in [0.25, 0.3) is 0 Å². The van der Waals surface area contributed by atoms with Crippen LogP contribution in [0, 0.1) is 6.92 Å². The van der Waals surface area contributed by atoms with Crippen LogP contribution in [0.2, 0.25) is 0 Å².